The highest BCUT2D eigenvalue weighted by Crippen LogP contribution is 2.37. The molecule has 16 heavy (non-hydrogen) atoms. The van der Waals surface area contributed by atoms with E-state index >= 15 is 0 Å². The van der Waals surface area contributed by atoms with Crippen LogP contribution in [0.1, 0.15) is 5.56 Å². The highest BCUT2D eigenvalue weighted by Gasteiger charge is 2.13. The zero-order valence-electron chi connectivity index (χ0n) is 8.47. The van der Waals surface area contributed by atoms with Gasteiger partial charge in [-0.25, -0.2) is 8.78 Å². The molecule has 0 spiro atoms. The van der Waals surface area contributed by atoms with E-state index in [2.05, 4.69) is 15.9 Å². The van der Waals surface area contributed by atoms with Crippen molar-refractivity contribution in [3.63, 3.8) is 0 Å². The van der Waals surface area contributed by atoms with Gasteiger partial charge in [0, 0.05) is 5.88 Å². The molecular formula is C10H10BrClF2O2. The van der Waals surface area contributed by atoms with Gasteiger partial charge in [-0.1, -0.05) is 0 Å². The molecule has 1 aromatic rings. The Balaban J connectivity index is 2.97. The molecule has 1 rings (SSSR count). The zero-order chi connectivity index (χ0) is 12.1. The first kappa shape index (κ1) is 13.5. The fraction of sp³-hybridized carbons (Fsp3) is 0.400. The van der Waals surface area contributed by atoms with E-state index in [0.717, 1.165) is 5.56 Å². The molecule has 2 nitrogen and oxygen atoms in total. The number of methoxy groups -OCH3 is 1. The van der Waals surface area contributed by atoms with Crippen LogP contribution in [0.4, 0.5) is 8.78 Å². The van der Waals surface area contributed by atoms with Crippen LogP contribution >= 0.6 is 27.5 Å². The Bertz CT molecular complexity index is 361. The third kappa shape index (κ3) is 3.49. The number of benzene rings is 1. The lowest BCUT2D eigenvalue weighted by molar-refractivity contribution is 0.0800. The number of halogens is 4. The highest BCUT2D eigenvalue weighted by molar-refractivity contribution is 9.10. The van der Waals surface area contributed by atoms with E-state index in [1.165, 1.54) is 7.11 Å². The van der Waals surface area contributed by atoms with E-state index in [1.807, 2.05) is 0 Å². The largest absolute Gasteiger partial charge is 0.493 e. The van der Waals surface area contributed by atoms with Crippen molar-refractivity contribution >= 4 is 27.5 Å². The summed E-state index contributed by atoms with van der Waals surface area (Å²) in [5.41, 5.74) is 0.815. The van der Waals surface area contributed by atoms with Crippen molar-refractivity contribution in [1.29, 1.82) is 0 Å². The number of ether oxygens (including phenoxy) is 2. The van der Waals surface area contributed by atoms with Crippen molar-refractivity contribution < 1.29 is 18.3 Å². The van der Waals surface area contributed by atoms with E-state index in [0.29, 0.717) is 16.1 Å². The van der Waals surface area contributed by atoms with Gasteiger partial charge in [0.15, 0.2) is 11.5 Å². The van der Waals surface area contributed by atoms with Crippen LogP contribution in [0.2, 0.25) is 0 Å². The lowest BCUT2D eigenvalue weighted by Crippen LogP contribution is -2.08. The van der Waals surface area contributed by atoms with Gasteiger partial charge < -0.3 is 9.47 Å². The topological polar surface area (TPSA) is 18.5 Å². The second-order valence-corrected chi connectivity index (χ2v) is 4.07. The summed E-state index contributed by atoms with van der Waals surface area (Å²) in [6.07, 6.45) is -2.52. The van der Waals surface area contributed by atoms with Gasteiger partial charge in [-0.2, -0.15) is 0 Å². The number of hydrogen-bond donors (Lipinski definition) is 0. The third-order valence-corrected chi connectivity index (χ3v) is 2.69. The van der Waals surface area contributed by atoms with Crippen molar-refractivity contribution in [1.82, 2.24) is 0 Å². The van der Waals surface area contributed by atoms with Crippen LogP contribution in [0.25, 0.3) is 0 Å². The molecule has 90 valence electrons. The molecule has 0 unspecified atom stereocenters. The summed E-state index contributed by atoms with van der Waals surface area (Å²) in [5, 5.41) is 0. The Kier molecular flexibility index (Phi) is 5.28. The van der Waals surface area contributed by atoms with E-state index < -0.39 is 13.0 Å². The summed E-state index contributed by atoms with van der Waals surface area (Å²) in [6.45, 7) is -0.671. The molecule has 0 aliphatic carbocycles. The molecule has 0 heterocycles. The Morgan fingerprint density at radius 1 is 1.44 bits per heavy atom. The summed E-state index contributed by atoms with van der Waals surface area (Å²) in [4.78, 5) is 0. The maximum Gasteiger partial charge on any atom is 0.272 e. The molecule has 0 amide bonds. The smallest absolute Gasteiger partial charge is 0.272 e. The van der Waals surface area contributed by atoms with Crippen molar-refractivity contribution in [2.45, 2.75) is 12.3 Å². The molecular weight excluding hydrogens is 305 g/mol. The summed E-state index contributed by atoms with van der Waals surface area (Å²) in [6, 6.07) is 3.36. The maximum absolute atomic E-state index is 12.0. The lowest BCUT2D eigenvalue weighted by Gasteiger charge is -2.13. The molecule has 6 heteroatoms. The lowest BCUT2D eigenvalue weighted by atomic mass is 10.2. The number of alkyl halides is 3. The quantitative estimate of drug-likeness (QED) is 0.769. The number of hydrogen-bond acceptors (Lipinski definition) is 2. The van der Waals surface area contributed by atoms with Gasteiger partial charge in [0.1, 0.15) is 6.61 Å². The highest BCUT2D eigenvalue weighted by atomic mass is 79.9. The SMILES string of the molecule is COc1cc(CCl)cc(Br)c1OCC(F)F. The average molecular weight is 316 g/mol. The van der Waals surface area contributed by atoms with Crippen molar-refractivity contribution in [2.75, 3.05) is 13.7 Å². The van der Waals surface area contributed by atoms with Crippen LogP contribution in [0.5, 0.6) is 11.5 Å². The van der Waals surface area contributed by atoms with Crippen LogP contribution in [0.3, 0.4) is 0 Å². The Morgan fingerprint density at radius 3 is 2.62 bits per heavy atom. The minimum Gasteiger partial charge on any atom is -0.493 e. The summed E-state index contributed by atoms with van der Waals surface area (Å²) in [5.74, 6) is 0.951. The van der Waals surface area contributed by atoms with E-state index in [-0.39, 0.29) is 5.75 Å². The monoisotopic (exact) mass is 314 g/mol. The molecule has 0 N–H and O–H groups in total. The maximum atomic E-state index is 12.0. The minimum absolute atomic E-state index is 0.261. The molecule has 0 bridgehead atoms. The van der Waals surface area contributed by atoms with Gasteiger partial charge in [0.2, 0.25) is 0 Å². The van der Waals surface area contributed by atoms with Crippen LogP contribution < -0.4 is 9.47 Å². The second kappa shape index (κ2) is 6.25. The van der Waals surface area contributed by atoms with Crippen LogP contribution in [0.15, 0.2) is 16.6 Å². The fourth-order valence-corrected chi connectivity index (χ4v) is 1.89. The molecule has 0 atom stereocenters. The predicted molar refractivity (Wildman–Crippen MR) is 61.8 cm³/mol. The Hall–Kier alpha value is -0.550. The van der Waals surface area contributed by atoms with Gasteiger partial charge >= 0.3 is 0 Å². The molecule has 0 radical (unpaired) electrons. The Morgan fingerprint density at radius 2 is 2.12 bits per heavy atom. The summed E-state index contributed by atoms with van der Waals surface area (Å²) < 4.78 is 34.6. The first-order valence-corrected chi connectivity index (χ1v) is 5.74. The van der Waals surface area contributed by atoms with Crippen molar-refractivity contribution in [2.24, 2.45) is 0 Å². The van der Waals surface area contributed by atoms with E-state index in [4.69, 9.17) is 21.1 Å². The van der Waals surface area contributed by atoms with E-state index in [9.17, 15) is 8.78 Å². The standard InChI is InChI=1S/C10H10BrClF2O2/c1-15-8-3-6(4-12)2-7(11)10(8)16-5-9(13)14/h2-3,9H,4-5H2,1H3. The average Bonchev–Trinajstić information content (AvgIpc) is 2.26. The van der Waals surface area contributed by atoms with Crippen molar-refractivity contribution in [3.8, 4) is 11.5 Å². The second-order valence-electron chi connectivity index (χ2n) is 2.94. The zero-order valence-corrected chi connectivity index (χ0v) is 10.8. The predicted octanol–water partition coefficient (Wildman–Crippen LogP) is 3.84. The minimum atomic E-state index is -2.52. The number of rotatable bonds is 5. The summed E-state index contributed by atoms with van der Waals surface area (Å²) >= 11 is 8.89. The van der Waals surface area contributed by atoms with Gasteiger partial charge in [-0.05, 0) is 33.6 Å². The van der Waals surface area contributed by atoms with Gasteiger partial charge in [-0.3, -0.25) is 0 Å². The van der Waals surface area contributed by atoms with Gasteiger partial charge in [-0.15, -0.1) is 11.6 Å². The molecule has 0 aliphatic heterocycles. The van der Waals surface area contributed by atoms with Crippen LogP contribution in [-0.4, -0.2) is 20.1 Å². The fourth-order valence-electron chi connectivity index (χ4n) is 1.14. The molecule has 0 fully saturated rings. The molecule has 0 aromatic heterocycles. The van der Waals surface area contributed by atoms with Gasteiger partial charge in [0.05, 0.1) is 11.6 Å². The van der Waals surface area contributed by atoms with Gasteiger partial charge in [0.25, 0.3) is 6.43 Å². The van der Waals surface area contributed by atoms with E-state index in [1.54, 1.807) is 12.1 Å². The first-order valence-electron chi connectivity index (χ1n) is 4.41. The molecule has 0 aliphatic rings. The normalized spacial score (nSPS) is 10.6. The van der Waals surface area contributed by atoms with Crippen LogP contribution in [0, 0.1) is 0 Å². The third-order valence-electron chi connectivity index (χ3n) is 1.80. The molecule has 0 saturated carbocycles. The molecule has 0 saturated heterocycles. The van der Waals surface area contributed by atoms with Crippen molar-refractivity contribution in [3.05, 3.63) is 22.2 Å². The summed E-state index contributed by atoms with van der Waals surface area (Å²) in [7, 11) is 1.44. The molecule has 1 aromatic carbocycles. The Labute approximate surface area is 106 Å². The first-order chi connectivity index (χ1) is 7.58. The van der Waals surface area contributed by atoms with Crippen LogP contribution in [-0.2, 0) is 5.88 Å².